The Labute approximate surface area is 147 Å². The molecule has 1 fully saturated rings. The third kappa shape index (κ3) is 2.72. The van der Waals surface area contributed by atoms with Crippen molar-refractivity contribution in [3.8, 4) is 0 Å². The number of carbonyl (C=O) groups excluding carboxylic acids is 1. The molecule has 7 heteroatoms. The van der Waals surface area contributed by atoms with Gasteiger partial charge in [0.15, 0.2) is 0 Å². The van der Waals surface area contributed by atoms with Crippen LogP contribution in [-0.2, 0) is 34.7 Å². The number of nitrogens with zero attached hydrogens (tertiary/aromatic N) is 5. The summed E-state index contributed by atoms with van der Waals surface area (Å²) in [6, 6.07) is 1.98. The average molecular weight is 341 g/mol. The van der Waals surface area contributed by atoms with E-state index in [0.717, 1.165) is 41.3 Å². The van der Waals surface area contributed by atoms with Crippen LogP contribution in [0.2, 0.25) is 0 Å². The molecule has 0 N–H and O–H groups in total. The van der Waals surface area contributed by atoms with E-state index in [1.54, 1.807) is 4.68 Å². The first kappa shape index (κ1) is 16.2. The number of rotatable bonds is 4. The quantitative estimate of drug-likeness (QED) is 0.843. The predicted octanol–water partition coefficient (Wildman–Crippen LogP) is 1.51. The summed E-state index contributed by atoms with van der Waals surface area (Å²) in [5.41, 5.74) is 3.54. The molecule has 4 rings (SSSR count). The van der Waals surface area contributed by atoms with Crippen LogP contribution in [-0.4, -0.2) is 43.6 Å². The SMILES string of the molecule is CCCc1ncc2c(n1)COC21CN(C(=O)Cn2nc(C)cc2C)C1. The highest BCUT2D eigenvalue weighted by Gasteiger charge is 2.52. The lowest BCUT2D eigenvalue weighted by Gasteiger charge is -2.47. The highest BCUT2D eigenvalue weighted by Crippen LogP contribution is 2.42. The average Bonchev–Trinajstić information content (AvgIpc) is 3.06. The lowest BCUT2D eigenvalue weighted by molar-refractivity contribution is -0.169. The van der Waals surface area contributed by atoms with Crippen molar-refractivity contribution in [2.75, 3.05) is 13.1 Å². The molecule has 2 aliphatic rings. The molecule has 132 valence electrons. The lowest BCUT2D eigenvalue weighted by Crippen LogP contribution is -2.61. The van der Waals surface area contributed by atoms with Gasteiger partial charge in [-0.05, 0) is 26.3 Å². The summed E-state index contributed by atoms with van der Waals surface area (Å²) < 4.78 is 7.78. The molecular formula is C18H23N5O2. The second-order valence-corrected chi connectivity index (χ2v) is 7.01. The molecule has 0 radical (unpaired) electrons. The van der Waals surface area contributed by atoms with Crippen molar-refractivity contribution >= 4 is 5.91 Å². The fraction of sp³-hybridized carbons (Fsp3) is 0.556. The van der Waals surface area contributed by atoms with E-state index in [1.165, 1.54) is 0 Å². The maximum Gasteiger partial charge on any atom is 0.244 e. The van der Waals surface area contributed by atoms with Crippen LogP contribution in [0.15, 0.2) is 12.3 Å². The molecule has 1 saturated heterocycles. The summed E-state index contributed by atoms with van der Waals surface area (Å²) in [4.78, 5) is 23.4. The maximum atomic E-state index is 12.5. The van der Waals surface area contributed by atoms with E-state index in [9.17, 15) is 4.79 Å². The Morgan fingerprint density at radius 2 is 2.16 bits per heavy atom. The molecule has 7 nitrogen and oxygen atoms in total. The topological polar surface area (TPSA) is 73.1 Å². The van der Waals surface area contributed by atoms with E-state index in [4.69, 9.17) is 4.74 Å². The minimum absolute atomic E-state index is 0.0670. The minimum atomic E-state index is -0.412. The van der Waals surface area contributed by atoms with Gasteiger partial charge in [0, 0.05) is 23.9 Å². The first-order valence-electron chi connectivity index (χ1n) is 8.79. The Hall–Kier alpha value is -2.28. The standard InChI is InChI=1S/C18H23N5O2/c1-4-5-16-19-7-14-15(20-16)9-25-18(14)10-22(11-18)17(24)8-23-13(3)6-12(2)21-23/h6-7H,4-5,8-11H2,1-3H3. The third-order valence-electron chi connectivity index (χ3n) is 5.00. The van der Waals surface area contributed by atoms with Gasteiger partial charge in [-0.3, -0.25) is 9.48 Å². The summed E-state index contributed by atoms with van der Waals surface area (Å²) in [6.07, 6.45) is 3.80. The number of hydrogen-bond donors (Lipinski definition) is 0. The zero-order valence-corrected chi connectivity index (χ0v) is 14.9. The second-order valence-electron chi connectivity index (χ2n) is 7.01. The van der Waals surface area contributed by atoms with Gasteiger partial charge in [-0.1, -0.05) is 6.92 Å². The number of aromatic nitrogens is 4. The first-order valence-corrected chi connectivity index (χ1v) is 8.79. The Kier molecular flexibility index (Phi) is 3.83. The molecule has 2 aromatic rings. The number of likely N-dealkylation sites (tertiary alicyclic amines) is 1. The van der Waals surface area contributed by atoms with Gasteiger partial charge in [0.2, 0.25) is 5.91 Å². The van der Waals surface area contributed by atoms with Crippen molar-refractivity contribution in [2.45, 2.75) is 52.4 Å². The Morgan fingerprint density at radius 3 is 2.84 bits per heavy atom. The van der Waals surface area contributed by atoms with Crippen LogP contribution in [0.3, 0.4) is 0 Å². The van der Waals surface area contributed by atoms with Gasteiger partial charge < -0.3 is 9.64 Å². The van der Waals surface area contributed by atoms with Crippen LogP contribution in [0.25, 0.3) is 0 Å². The van der Waals surface area contributed by atoms with E-state index in [0.29, 0.717) is 19.7 Å². The highest BCUT2D eigenvalue weighted by molar-refractivity contribution is 5.77. The summed E-state index contributed by atoms with van der Waals surface area (Å²) >= 11 is 0. The van der Waals surface area contributed by atoms with Gasteiger partial charge in [0.1, 0.15) is 18.0 Å². The van der Waals surface area contributed by atoms with Gasteiger partial charge in [-0.2, -0.15) is 5.10 Å². The fourth-order valence-corrected chi connectivity index (χ4v) is 3.65. The van der Waals surface area contributed by atoms with Crippen molar-refractivity contribution in [3.63, 3.8) is 0 Å². The molecule has 2 aliphatic heterocycles. The van der Waals surface area contributed by atoms with E-state index < -0.39 is 5.60 Å². The minimum Gasteiger partial charge on any atom is -0.360 e. The summed E-state index contributed by atoms with van der Waals surface area (Å²) in [7, 11) is 0. The Balaban J connectivity index is 1.44. The molecule has 0 aliphatic carbocycles. The maximum absolute atomic E-state index is 12.5. The van der Waals surface area contributed by atoms with Crippen LogP contribution in [0.5, 0.6) is 0 Å². The molecule has 25 heavy (non-hydrogen) atoms. The van der Waals surface area contributed by atoms with Gasteiger partial charge in [-0.15, -0.1) is 0 Å². The second kappa shape index (κ2) is 5.91. The molecule has 0 aromatic carbocycles. The van der Waals surface area contributed by atoms with Crippen LogP contribution in [0.1, 0.15) is 41.8 Å². The van der Waals surface area contributed by atoms with Crippen molar-refractivity contribution in [3.05, 3.63) is 40.7 Å². The first-order chi connectivity index (χ1) is 12.0. The highest BCUT2D eigenvalue weighted by atomic mass is 16.5. The van der Waals surface area contributed by atoms with Crippen LogP contribution < -0.4 is 0 Å². The van der Waals surface area contributed by atoms with Crippen molar-refractivity contribution < 1.29 is 9.53 Å². The number of carbonyl (C=O) groups is 1. The molecule has 1 amide bonds. The smallest absolute Gasteiger partial charge is 0.244 e. The van der Waals surface area contributed by atoms with E-state index in [-0.39, 0.29) is 12.5 Å². The summed E-state index contributed by atoms with van der Waals surface area (Å²) in [5, 5.41) is 4.36. The molecule has 4 heterocycles. The molecule has 1 spiro atoms. The van der Waals surface area contributed by atoms with Crippen LogP contribution in [0.4, 0.5) is 0 Å². The molecule has 0 unspecified atom stereocenters. The summed E-state index contributed by atoms with van der Waals surface area (Å²) in [5.74, 6) is 0.941. The molecule has 0 atom stereocenters. The van der Waals surface area contributed by atoms with E-state index >= 15 is 0 Å². The van der Waals surface area contributed by atoms with Crippen LogP contribution in [0, 0.1) is 13.8 Å². The zero-order chi connectivity index (χ0) is 17.6. The molecule has 0 bridgehead atoms. The van der Waals surface area contributed by atoms with Crippen molar-refractivity contribution in [2.24, 2.45) is 0 Å². The van der Waals surface area contributed by atoms with Gasteiger partial charge in [0.05, 0.1) is 31.1 Å². The fourth-order valence-electron chi connectivity index (χ4n) is 3.65. The van der Waals surface area contributed by atoms with Crippen LogP contribution >= 0.6 is 0 Å². The van der Waals surface area contributed by atoms with E-state index in [1.807, 2.05) is 31.0 Å². The van der Waals surface area contributed by atoms with Gasteiger partial charge >= 0.3 is 0 Å². The largest absolute Gasteiger partial charge is 0.360 e. The third-order valence-corrected chi connectivity index (χ3v) is 5.00. The molecule has 2 aromatic heterocycles. The summed E-state index contributed by atoms with van der Waals surface area (Å²) in [6.45, 7) is 7.92. The Bertz CT molecular complexity index is 823. The van der Waals surface area contributed by atoms with Gasteiger partial charge in [0.25, 0.3) is 0 Å². The number of ether oxygens (including phenoxy) is 1. The van der Waals surface area contributed by atoms with E-state index in [2.05, 4.69) is 22.0 Å². The normalized spacial score (nSPS) is 17.6. The van der Waals surface area contributed by atoms with Crippen molar-refractivity contribution in [1.29, 1.82) is 0 Å². The number of hydrogen-bond acceptors (Lipinski definition) is 5. The number of amides is 1. The monoisotopic (exact) mass is 341 g/mol. The molecule has 0 saturated carbocycles. The number of fused-ring (bicyclic) bond motifs is 2. The predicted molar refractivity (Wildman–Crippen MR) is 90.8 cm³/mol. The zero-order valence-electron chi connectivity index (χ0n) is 14.9. The lowest BCUT2D eigenvalue weighted by atomic mass is 9.87. The molecular weight excluding hydrogens is 318 g/mol. The Morgan fingerprint density at radius 1 is 1.36 bits per heavy atom. The number of aryl methyl sites for hydroxylation is 3. The van der Waals surface area contributed by atoms with Gasteiger partial charge in [-0.25, -0.2) is 9.97 Å². The van der Waals surface area contributed by atoms with Crippen molar-refractivity contribution in [1.82, 2.24) is 24.6 Å².